The molecule has 1 fully saturated rings. The van der Waals surface area contributed by atoms with Gasteiger partial charge in [-0.3, -0.25) is 9.59 Å². The van der Waals surface area contributed by atoms with Gasteiger partial charge in [0, 0.05) is 0 Å². The molecule has 1 atom stereocenters. The van der Waals surface area contributed by atoms with Gasteiger partial charge in [-0.05, 0) is 0 Å². The van der Waals surface area contributed by atoms with Gasteiger partial charge in [0.1, 0.15) is 19.3 Å². The minimum absolute atomic E-state index is 0.0955. The molecular formula is C6H9NO4. The Labute approximate surface area is 63.4 Å². The first-order valence-corrected chi connectivity index (χ1v) is 3.28. The van der Waals surface area contributed by atoms with Crippen molar-refractivity contribution in [2.24, 2.45) is 5.73 Å². The van der Waals surface area contributed by atoms with Crippen molar-refractivity contribution in [3.63, 3.8) is 0 Å². The van der Waals surface area contributed by atoms with Gasteiger partial charge in [0.2, 0.25) is 0 Å². The normalized spacial score (nSPS) is 26.5. The van der Waals surface area contributed by atoms with Gasteiger partial charge in [0.05, 0.1) is 6.42 Å². The van der Waals surface area contributed by atoms with Crippen molar-refractivity contribution in [2.45, 2.75) is 12.5 Å². The van der Waals surface area contributed by atoms with Gasteiger partial charge in [0.15, 0.2) is 0 Å². The zero-order chi connectivity index (χ0) is 8.27. The highest BCUT2D eigenvalue weighted by atomic mass is 16.6. The number of hydrogen-bond donors (Lipinski definition) is 1. The van der Waals surface area contributed by atoms with Crippen LogP contribution in [0.25, 0.3) is 0 Å². The topological polar surface area (TPSA) is 78.6 Å². The molecule has 0 aliphatic carbocycles. The third kappa shape index (κ3) is 2.19. The van der Waals surface area contributed by atoms with Crippen molar-refractivity contribution in [2.75, 3.05) is 13.2 Å². The minimum atomic E-state index is -0.872. The third-order valence-electron chi connectivity index (χ3n) is 1.28. The zero-order valence-corrected chi connectivity index (χ0v) is 5.91. The predicted molar refractivity (Wildman–Crippen MR) is 34.5 cm³/mol. The van der Waals surface area contributed by atoms with Gasteiger partial charge in [0.25, 0.3) is 0 Å². The van der Waals surface area contributed by atoms with E-state index in [1.807, 2.05) is 0 Å². The molecule has 0 saturated carbocycles. The molecule has 0 spiro atoms. The van der Waals surface area contributed by atoms with Gasteiger partial charge in [-0.15, -0.1) is 0 Å². The van der Waals surface area contributed by atoms with Gasteiger partial charge in [-0.1, -0.05) is 0 Å². The van der Waals surface area contributed by atoms with Crippen molar-refractivity contribution in [1.29, 1.82) is 0 Å². The van der Waals surface area contributed by atoms with Crippen molar-refractivity contribution < 1.29 is 19.1 Å². The van der Waals surface area contributed by atoms with E-state index in [1.54, 1.807) is 0 Å². The maximum Gasteiger partial charge on any atom is 0.323 e. The fourth-order valence-corrected chi connectivity index (χ4v) is 0.727. The van der Waals surface area contributed by atoms with E-state index in [9.17, 15) is 9.59 Å². The Kier molecular flexibility index (Phi) is 2.43. The molecule has 0 amide bonds. The quantitative estimate of drug-likeness (QED) is 0.449. The average Bonchev–Trinajstić information content (AvgIpc) is 1.95. The lowest BCUT2D eigenvalue weighted by Gasteiger charge is -2.14. The molecule has 1 saturated heterocycles. The molecule has 5 heteroatoms. The lowest BCUT2D eigenvalue weighted by atomic mass is 10.2. The molecule has 62 valence electrons. The maximum atomic E-state index is 10.8. The number of hydrogen-bond acceptors (Lipinski definition) is 5. The average molecular weight is 159 g/mol. The van der Waals surface area contributed by atoms with Crippen LogP contribution in [0.1, 0.15) is 6.42 Å². The molecule has 0 aromatic heterocycles. The molecule has 1 aliphatic heterocycles. The fraction of sp³-hybridized carbons (Fsp3) is 0.667. The molecular weight excluding hydrogens is 150 g/mol. The van der Waals surface area contributed by atoms with Crippen LogP contribution < -0.4 is 5.73 Å². The van der Waals surface area contributed by atoms with Crippen LogP contribution in [0.2, 0.25) is 0 Å². The summed E-state index contributed by atoms with van der Waals surface area (Å²) >= 11 is 0. The molecule has 0 aromatic carbocycles. The third-order valence-corrected chi connectivity index (χ3v) is 1.28. The number of cyclic esters (lactones) is 2. The summed E-state index contributed by atoms with van der Waals surface area (Å²) in [4.78, 5) is 21.4. The van der Waals surface area contributed by atoms with E-state index in [4.69, 9.17) is 5.73 Å². The van der Waals surface area contributed by atoms with E-state index in [0.717, 1.165) is 0 Å². The largest absolute Gasteiger partial charge is 0.462 e. The van der Waals surface area contributed by atoms with Crippen molar-refractivity contribution in [3.8, 4) is 0 Å². The molecule has 0 bridgehead atoms. The molecule has 1 rings (SSSR count). The monoisotopic (exact) mass is 159 g/mol. The number of ether oxygens (including phenoxy) is 2. The molecule has 1 heterocycles. The first-order valence-electron chi connectivity index (χ1n) is 3.28. The van der Waals surface area contributed by atoms with Crippen LogP contribution in [0, 0.1) is 0 Å². The standard InChI is InChI=1S/C6H9NO4/c7-4-3-5(8)10-1-2-11-6(4)9/h4H,1-3,7H2/t4-/m0/s1. The molecule has 0 radical (unpaired) electrons. The van der Waals surface area contributed by atoms with E-state index in [2.05, 4.69) is 9.47 Å². The van der Waals surface area contributed by atoms with E-state index in [0.29, 0.717) is 0 Å². The highest BCUT2D eigenvalue weighted by molar-refractivity contribution is 5.82. The molecule has 0 unspecified atom stereocenters. The molecule has 1 aliphatic rings. The summed E-state index contributed by atoms with van der Waals surface area (Å²) < 4.78 is 9.21. The Bertz CT molecular complexity index is 179. The fourth-order valence-electron chi connectivity index (χ4n) is 0.727. The Morgan fingerprint density at radius 3 is 2.64 bits per heavy atom. The molecule has 11 heavy (non-hydrogen) atoms. The zero-order valence-electron chi connectivity index (χ0n) is 5.91. The highest BCUT2D eigenvalue weighted by Gasteiger charge is 2.21. The van der Waals surface area contributed by atoms with E-state index < -0.39 is 18.0 Å². The first-order chi connectivity index (χ1) is 5.20. The van der Waals surface area contributed by atoms with Gasteiger partial charge < -0.3 is 15.2 Å². The van der Waals surface area contributed by atoms with E-state index >= 15 is 0 Å². The summed E-state index contributed by atoms with van der Waals surface area (Å²) in [5, 5.41) is 0. The van der Waals surface area contributed by atoms with Gasteiger partial charge in [-0.25, -0.2) is 0 Å². The Balaban J connectivity index is 2.51. The SMILES string of the molecule is N[C@H]1CC(=O)OCCOC1=O. The highest BCUT2D eigenvalue weighted by Crippen LogP contribution is 1.98. The van der Waals surface area contributed by atoms with E-state index in [1.165, 1.54) is 0 Å². The Morgan fingerprint density at radius 1 is 1.27 bits per heavy atom. The second kappa shape index (κ2) is 3.34. The van der Waals surface area contributed by atoms with Crippen LogP contribution in [0.4, 0.5) is 0 Å². The maximum absolute atomic E-state index is 10.8. The van der Waals surface area contributed by atoms with Crippen molar-refractivity contribution >= 4 is 11.9 Å². The van der Waals surface area contributed by atoms with Crippen molar-refractivity contribution in [1.82, 2.24) is 0 Å². The van der Waals surface area contributed by atoms with Crippen LogP contribution >= 0.6 is 0 Å². The van der Waals surface area contributed by atoms with Crippen LogP contribution in [0.5, 0.6) is 0 Å². The summed E-state index contributed by atoms with van der Waals surface area (Å²) in [6.07, 6.45) is -0.0984. The number of carbonyl (C=O) groups is 2. The number of carbonyl (C=O) groups excluding carboxylic acids is 2. The van der Waals surface area contributed by atoms with Gasteiger partial charge in [-0.2, -0.15) is 0 Å². The Hall–Kier alpha value is -1.10. The summed E-state index contributed by atoms with van der Waals surface area (Å²) in [6.45, 7) is 0.218. The second-order valence-corrected chi connectivity index (χ2v) is 2.20. The summed E-state index contributed by atoms with van der Waals surface area (Å²) in [5.41, 5.74) is 5.26. The summed E-state index contributed by atoms with van der Waals surface area (Å²) in [5.74, 6) is -0.990. The van der Waals surface area contributed by atoms with Gasteiger partial charge >= 0.3 is 11.9 Å². The van der Waals surface area contributed by atoms with Crippen LogP contribution in [0.3, 0.4) is 0 Å². The number of esters is 2. The molecule has 5 nitrogen and oxygen atoms in total. The summed E-state index contributed by atoms with van der Waals surface area (Å²) in [7, 11) is 0. The smallest absolute Gasteiger partial charge is 0.323 e. The van der Waals surface area contributed by atoms with Crippen LogP contribution in [0.15, 0.2) is 0 Å². The number of nitrogens with two attached hydrogens (primary N) is 1. The van der Waals surface area contributed by atoms with Crippen LogP contribution in [-0.2, 0) is 19.1 Å². The van der Waals surface area contributed by atoms with Crippen LogP contribution in [-0.4, -0.2) is 31.2 Å². The minimum Gasteiger partial charge on any atom is -0.462 e. The van der Waals surface area contributed by atoms with E-state index in [-0.39, 0.29) is 19.6 Å². The van der Waals surface area contributed by atoms with Crippen molar-refractivity contribution in [3.05, 3.63) is 0 Å². The summed E-state index contributed by atoms with van der Waals surface area (Å²) in [6, 6.07) is -0.872. The lowest BCUT2D eigenvalue weighted by Crippen LogP contribution is -2.37. The number of rotatable bonds is 0. The predicted octanol–water partition coefficient (Wildman–Crippen LogP) is -1.20. The molecule has 0 aromatic rings. The first kappa shape index (κ1) is 8.00. The molecule has 2 N–H and O–H groups in total. The lowest BCUT2D eigenvalue weighted by molar-refractivity contribution is -0.159. The Morgan fingerprint density at radius 2 is 1.91 bits per heavy atom. The second-order valence-electron chi connectivity index (χ2n) is 2.20.